The molecular weight excluding hydrogens is 276 g/mol. The third-order valence-corrected chi connectivity index (χ3v) is 4.12. The Morgan fingerprint density at radius 2 is 2.25 bits per heavy atom. The Balaban J connectivity index is 2.57. The van der Waals surface area contributed by atoms with Crippen LogP contribution in [-0.2, 0) is 10.1 Å². The van der Waals surface area contributed by atoms with Gasteiger partial charge in [0.1, 0.15) is 0 Å². The van der Waals surface area contributed by atoms with Crippen LogP contribution in [-0.4, -0.2) is 56.0 Å². The van der Waals surface area contributed by atoms with Gasteiger partial charge in [-0.1, -0.05) is 18.2 Å². The van der Waals surface area contributed by atoms with Crippen molar-refractivity contribution in [2.24, 2.45) is 4.99 Å². The zero-order valence-corrected chi connectivity index (χ0v) is 13.0. The number of likely N-dealkylation sites (tertiary alicyclic amines) is 1. The van der Waals surface area contributed by atoms with Crippen LogP contribution in [0.25, 0.3) is 0 Å². The Hall–Kier alpha value is -0.980. The van der Waals surface area contributed by atoms with Gasteiger partial charge in [-0.3, -0.25) is 14.4 Å². The maximum atomic E-state index is 10.6. The molecule has 114 valence electrons. The third kappa shape index (κ3) is 6.45. The minimum Gasteiger partial charge on any atom is -0.299 e. The van der Waals surface area contributed by atoms with E-state index in [-0.39, 0.29) is 5.75 Å². The largest absolute Gasteiger partial charge is 0.299 e. The standard InChI is InChI=1S/C14H24N2O3S/c1-3-4-7-13(14-8-5-10-16(14)2)12-15-9-6-11-20(17,18)19/h3-4,7,12,14H,5-6,8-11H2,1-2H3,(H,17,18,19)/b4-3-,13-7+,15-12+/t14-/m0/s1. The predicted molar refractivity (Wildman–Crippen MR) is 82.9 cm³/mol. The molecular formula is C14H24N2O3S. The summed E-state index contributed by atoms with van der Waals surface area (Å²) in [6, 6.07) is 0.386. The Bertz CT molecular complexity index is 481. The summed E-state index contributed by atoms with van der Waals surface area (Å²) in [6.45, 7) is 3.47. The van der Waals surface area contributed by atoms with Crippen molar-refractivity contribution in [1.82, 2.24) is 4.90 Å². The van der Waals surface area contributed by atoms with Crippen molar-refractivity contribution in [2.45, 2.75) is 32.2 Å². The monoisotopic (exact) mass is 300 g/mol. The van der Waals surface area contributed by atoms with E-state index in [1.165, 1.54) is 6.42 Å². The Kier molecular flexibility index (Phi) is 7.12. The average molecular weight is 300 g/mol. The molecule has 1 aliphatic heterocycles. The second-order valence-corrected chi connectivity index (χ2v) is 6.58. The number of aliphatic imine (C=N–C) groups is 1. The fourth-order valence-electron chi connectivity index (χ4n) is 2.29. The molecule has 1 fully saturated rings. The van der Waals surface area contributed by atoms with Gasteiger partial charge >= 0.3 is 0 Å². The molecule has 0 amide bonds. The lowest BCUT2D eigenvalue weighted by molar-refractivity contribution is 0.351. The van der Waals surface area contributed by atoms with Crippen LogP contribution in [0.3, 0.4) is 0 Å². The third-order valence-electron chi connectivity index (χ3n) is 3.32. The number of likely N-dealkylation sites (N-methyl/N-ethyl adjacent to an activating group) is 1. The van der Waals surface area contributed by atoms with E-state index in [0.29, 0.717) is 19.0 Å². The smallest absolute Gasteiger partial charge is 0.264 e. The number of nitrogens with zero attached hydrogens (tertiary/aromatic N) is 2. The Morgan fingerprint density at radius 3 is 2.80 bits per heavy atom. The number of rotatable bonds is 7. The van der Waals surface area contributed by atoms with Crippen LogP contribution in [0.1, 0.15) is 26.2 Å². The quantitative estimate of drug-likeness (QED) is 0.337. The lowest BCUT2D eigenvalue weighted by Gasteiger charge is -2.20. The maximum absolute atomic E-state index is 10.6. The molecule has 0 aromatic heterocycles. The molecule has 0 aromatic rings. The van der Waals surface area contributed by atoms with Crippen LogP contribution in [0.5, 0.6) is 0 Å². The van der Waals surface area contributed by atoms with Gasteiger partial charge in [-0.2, -0.15) is 8.42 Å². The van der Waals surface area contributed by atoms with Gasteiger partial charge in [-0.15, -0.1) is 0 Å². The van der Waals surface area contributed by atoms with Crippen LogP contribution in [0, 0.1) is 0 Å². The van der Waals surface area contributed by atoms with E-state index in [1.54, 1.807) is 0 Å². The fourth-order valence-corrected chi connectivity index (χ4v) is 2.78. The van der Waals surface area contributed by atoms with E-state index >= 15 is 0 Å². The van der Waals surface area contributed by atoms with Crippen molar-refractivity contribution in [3.8, 4) is 0 Å². The van der Waals surface area contributed by atoms with E-state index < -0.39 is 10.1 Å². The fraction of sp³-hybridized carbons (Fsp3) is 0.643. The van der Waals surface area contributed by atoms with Crippen LogP contribution in [0.15, 0.2) is 28.8 Å². The molecule has 1 aliphatic rings. The summed E-state index contributed by atoms with van der Waals surface area (Å²) in [7, 11) is -1.77. The summed E-state index contributed by atoms with van der Waals surface area (Å²) in [5.41, 5.74) is 1.15. The minimum absolute atomic E-state index is 0.235. The van der Waals surface area contributed by atoms with Gasteiger partial charge in [0.05, 0.1) is 5.75 Å². The second-order valence-electron chi connectivity index (χ2n) is 5.01. The van der Waals surface area contributed by atoms with E-state index in [2.05, 4.69) is 23.0 Å². The molecule has 1 rings (SSSR count). The molecule has 0 bridgehead atoms. The molecule has 1 N–H and O–H groups in total. The van der Waals surface area contributed by atoms with Crippen LogP contribution >= 0.6 is 0 Å². The Morgan fingerprint density at radius 1 is 1.50 bits per heavy atom. The highest BCUT2D eigenvalue weighted by Gasteiger charge is 2.23. The first-order chi connectivity index (χ1) is 9.44. The van der Waals surface area contributed by atoms with E-state index in [9.17, 15) is 8.42 Å². The first-order valence-electron chi connectivity index (χ1n) is 6.92. The number of hydrogen-bond donors (Lipinski definition) is 1. The molecule has 0 unspecified atom stereocenters. The predicted octanol–water partition coefficient (Wildman–Crippen LogP) is 1.93. The van der Waals surface area contributed by atoms with E-state index in [0.717, 1.165) is 18.5 Å². The van der Waals surface area contributed by atoms with Gasteiger partial charge in [-0.05, 0) is 45.4 Å². The van der Waals surface area contributed by atoms with Crippen LogP contribution in [0.2, 0.25) is 0 Å². The highest BCUT2D eigenvalue weighted by molar-refractivity contribution is 7.85. The first-order valence-corrected chi connectivity index (χ1v) is 8.53. The zero-order chi connectivity index (χ0) is 15.0. The molecule has 5 nitrogen and oxygen atoms in total. The zero-order valence-electron chi connectivity index (χ0n) is 12.2. The molecule has 0 saturated carbocycles. The molecule has 0 spiro atoms. The highest BCUT2D eigenvalue weighted by Crippen LogP contribution is 2.21. The molecule has 1 atom stereocenters. The van der Waals surface area contributed by atoms with Crippen molar-refractivity contribution in [1.29, 1.82) is 0 Å². The SMILES string of the molecule is C\C=C/C=C(\C=N\CCCS(=O)(=O)O)[C@@H]1CCCN1C. The first kappa shape index (κ1) is 17.1. The lowest BCUT2D eigenvalue weighted by atomic mass is 10.1. The van der Waals surface area contributed by atoms with Crippen LogP contribution < -0.4 is 0 Å². The molecule has 0 radical (unpaired) electrons. The van der Waals surface area contributed by atoms with Crippen molar-refractivity contribution in [3.05, 3.63) is 23.8 Å². The summed E-state index contributed by atoms with van der Waals surface area (Å²) in [5.74, 6) is -0.235. The highest BCUT2D eigenvalue weighted by atomic mass is 32.2. The summed E-state index contributed by atoms with van der Waals surface area (Å²) < 4.78 is 29.8. The summed E-state index contributed by atoms with van der Waals surface area (Å²) in [6.07, 6.45) is 10.5. The molecule has 0 aliphatic carbocycles. The van der Waals surface area contributed by atoms with Gasteiger partial charge < -0.3 is 0 Å². The summed E-state index contributed by atoms with van der Waals surface area (Å²) in [5, 5.41) is 0. The number of allylic oxidation sites excluding steroid dienone is 3. The van der Waals surface area contributed by atoms with Gasteiger partial charge in [0.25, 0.3) is 10.1 Å². The van der Waals surface area contributed by atoms with E-state index in [1.807, 2.05) is 25.3 Å². The average Bonchev–Trinajstić information content (AvgIpc) is 2.77. The topological polar surface area (TPSA) is 70.0 Å². The van der Waals surface area contributed by atoms with Crippen molar-refractivity contribution < 1.29 is 13.0 Å². The van der Waals surface area contributed by atoms with Gasteiger partial charge in [-0.25, -0.2) is 0 Å². The minimum atomic E-state index is -3.87. The van der Waals surface area contributed by atoms with Crippen molar-refractivity contribution in [3.63, 3.8) is 0 Å². The van der Waals surface area contributed by atoms with Crippen molar-refractivity contribution in [2.75, 3.05) is 25.9 Å². The molecule has 6 heteroatoms. The normalized spacial score (nSPS) is 22.4. The number of hydrogen-bond acceptors (Lipinski definition) is 4. The second kappa shape index (κ2) is 8.34. The van der Waals surface area contributed by atoms with Gasteiger partial charge in [0.2, 0.25) is 0 Å². The van der Waals surface area contributed by atoms with E-state index in [4.69, 9.17) is 4.55 Å². The molecule has 20 heavy (non-hydrogen) atoms. The molecule has 1 heterocycles. The summed E-state index contributed by atoms with van der Waals surface area (Å²) in [4.78, 5) is 6.58. The van der Waals surface area contributed by atoms with Gasteiger partial charge in [0, 0.05) is 18.8 Å². The van der Waals surface area contributed by atoms with Gasteiger partial charge in [0.15, 0.2) is 0 Å². The Labute approximate surface area is 121 Å². The molecule has 0 aromatic carbocycles. The maximum Gasteiger partial charge on any atom is 0.264 e. The summed E-state index contributed by atoms with van der Waals surface area (Å²) >= 11 is 0. The van der Waals surface area contributed by atoms with Crippen molar-refractivity contribution >= 4 is 16.3 Å². The lowest BCUT2D eigenvalue weighted by Crippen LogP contribution is -2.27. The van der Waals surface area contributed by atoms with Crippen LogP contribution in [0.4, 0.5) is 0 Å². The molecule has 1 saturated heterocycles.